The van der Waals surface area contributed by atoms with E-state index in [9.17, 15) is 9.59 Å². The lowest BCUT2D eigenvalue weighted by Gasteiger charge is -2.08. The molecule has 132 valence electrons. The van der Waals surface area contributed by atoms with Gasteiger partial charge in [-0.1, -0.05) is 18.2 Å². The highest BCUT2D eigenvalue weighted by atomic mass is 16.5. The van der Waals surface area contributed by atoms with Crippen LogP contribution in [0.15, 0.2) is 71.3 Å². The fourth-order valence-corrected chi connectivity index (χ4v) is 2.23. The molecule has 0 spiro atoms. The van der Waals surface area contributed by atoms with Crippen molar-refractivity contribution in [2.45, 2.75) is 6.92 Å². The monoisotopic (exact) mass is 351 g/mol. The standard InChI is InChI=1S/C20H17NO5/c1-14-18(11-12-24-14)20(23)25-13-19(22)21-15-7-9-17(10-8-15)26-16-5-3-2-4-6-16/h2-12H,13H2,1H3,(H,21,22). The van der Waals surface area contributed by atoms with E-state index in [0.717, 1.165) is 5.75 Å². The Balaban J connectivity index is 1.50. The number of carbonyl (C=O) groups is 2. The van der Waals surface area contributed by atoms with Gasteiger partial charge in [-0.3, -0.25) is 4.79 Å². The summed E-state index contributed by atoms with van der Waals surface area (Å²) in [5.41, 5.74) is 0.881. The molecule has 0 radical (unpaired) electrons. The number of anilines is 1. The van der Waals surface area contributed by atoms with Gasteiger partial charge in [-0.05, 0) is 49.4 Å². The van der Waals surface area contributed by atoms with E-state index in [1.807, 2.05) is 30.3 Å². The number of para-hydroxylation sites is 1. The highest BCUT2D eigenvalue weighted by molar-refractivity contribution is 5.95. The van der Waals surface area contributed by atoms with Crippen molar-refractivity contribution in [3.05, 3.63) is 78.3 Å². The lowest BCUT2D eigenvalue weighted by atomic mass is 10.3. The van der Waals surface area contributed by atoms with Crippen LogP contribution in [0.1, 0.15) is 16.1 Å². The van der Waals surface area contributed by atoms with Gasteiger partial charge in [0.05, 0.1) is 6.26 Å². The summed E-state index contributed by atoms with van der Waals surface area (Å²) in [5, 5.41) is 2.65. The molecule has 0 atom stereocenters. The Morgan fingerprint density at radius 1 is 0.962 bits per heavy atom. The molecule has 0 aliphatic carbocycles. The number of carbonyl (C=O) groups excluding carboxylic acids is 2. The molecular formula is C20H17NO5. The van der Waals surface area contributed by atoms with Crippen LogP contribution < -0.4 is 10.1 Å². The van der Waals surface area contributed by atoms with E-state index in [4.69, 9.17) is 13.9 Å². The number of hydrogen-bond acceptors (Lipinski definition) is 5. The lowest BCUT2D eigenvalue weighted by Crippen LogP contribution is -2.20. The van der Waals surface area contributed by atoms with Gasteiger partial charge in [0, 0.05) is 5.69 Å². The Hall–Kier alpha value is -3.54. The zero-order valence-corrected chi connectivity index (χ0v) is 14.1. The van der Waals surface area contributed by atoms with Crippen molar-refractivity contribution in [3.63, 3.8) is 0 Å². The fourth-order valence-electron chi connectivity index (χ4n) is 2.23. The molecule has 0 saturated heterocycles. The number of aryl methyl sites for hydroxylation is 1. The minimum absolute atomic E-state index is 0.306. The first-order valence-corrected chi connectivity index (χ1v) is 7.96. The molecule has 0 aliphatic rings. The second kappa shape index (κ2) is 8.02. The minimum Gasteiger partial charge on any atom is -0.469 e. The van der Waals surface area contributed by atoms with Gasteiger partial charge in [0.25, 0.3) is 5.91 Å². The predicted molar refractivity (Wildman–Crippen MR) is 95.3 cm³/mol. The van der Waals surface area contributed by atoms with Crippen molar-refractivity contribution in [2.75, 3.05) is 11.9 Å². The number of ether oxygens (including phenoxy) is 2. The molecule has 1 amide bonds. The first-order valence-electron chi connectivity index (χ1n) is 7.96. The average molecular weight is 351 g/mol. The van der Waals surface area contributed by atoms with Gasteiger partial charge in [0.2, 0.25) is 0 Å². The van der Waals surface area contributed by atoms with Crippen LogP contribution in [0.2, 0.25) is 0 Å². The maximum absolute atomic E-state index is 11.9. The zero-order chi connectivity index (χ0) is 18.4. The van der Waals surface area contributed by atoms with E-state index in [-0.39, 0.29) is 6.61 Å². The first kappa shape index (κ1) is 17.3. The van der Waals surface area contributed by atoms with E-state index in [2.05, 4.69) is 5.32 Å². The Labute approximate surface area is 150 Å². The van der Waals surface area contributed by atoms with Crippen LogP contribution in [0, 0.1) is 6.92 Å². The number of rotatable bonds is 6. The van der Waals surface area contributed by atoms with Crippen molar-refractivity contribution >= 4 is 17.6 Å². The van der Waals surface area contributed by atoms with Crippen molar-refractivity contribution in [2.24, 2.45) is 0 Å². The average Bonchev–Trinajstić information content (AvgIpc) is 3.08. The Morgan fingerprint density at radius 2 is 1.65 bits per heavy atom. The van der Waals surface area contributed by atoms with E-state index in [0.29, 0.717) is 22.8 Å². The molecule has 0 unspecified atom stereocenters. The fraction of sp³-hybridized carbons (Fsp3) is 0.100. The predicted octanol–water partition coefficient (Wildman–Crippen LogP) is 4.18. The summed E-state index contributed by atoms with van der Waals surface area (Å²) in [6, 6.07) is 17.8. The van der Waals surface area contributed by atoms with Crippen LogP contribution in [-0.4, -0.2) is 18.5 Å². The molecule has 6 heteroatoms. The smallest absolute Gasteiger partial charge is 0.342 e. The SMILES string of the molecule is Cc1occc1C(=O)OCC(=O)Nc1ccc(Oc2ccccc2)cc1. The van der Waals surface area contributed by atoms with Gasteiger partial charge in [-0.2, -0.15) is 0 Å². The summed E-state index contributed by atoms with van der Waals surface area (Å²) in [7, 11) is 0. The number of nitrogens with one attached hydrogen (secondary N) is 1. The molecule has 0 aliphatic heterocycles. The van der Waals surface area contributed by atoms with Gasteiger partial charge >= 0.3 is 5.97 Å². The maximum atomic E-state index is 11.9. The highest BCUT2D eigenvalue weighted by Gasteiger charge is 2.14. The van der Waals surface area contributed by atoms with Crippen LogP contribution >= 0.6 is 0 Å². The van der Waals surface area contributed by atoms with Crippen LogP contribution in [0.3, 0.4) is 0 Å². The third-order valence-corrected chi connectivity index (χ3v) is 3.53. The highest BCUT2D eigenvalue weighted by Crippen LogP contribution is 2.22. The van der Waals surface area contributed by atoms with Crippen LogP contribution in [0.5, 0.6) is 11.5 Å². The Kier molecular flexibility index (Phi) is 5.34. The van der Waals surface area contributed by atoms with Crippen molar-refractivity contribution < 1.29 is 23.5 Å². The van der Waals surface area contributed by atoms with Gasteiger partial charge in [0.1, 0.15) is 22.8 Å². The summed E-state index contributed by atoms with van der Waals surface area (Å²) in [4.78, 5) is 23.7. The topological polar surface area (TPSA) is 77.8 Å². The largest absolute Gasteiger partial charge is 0.469 e. The summed E-state index contributed by atoms with van der Waals surface area (Å²) >= 11 is 0. The first-order chi connectivity index (χ1) is 12.6. The van der Waals surface area contributed by atoms with Crippen LogP contribution in [-0.2, 0) is 9.53 Å². The van der Waals surface area contributed by atoms with E-state index in [1.165, 1.54) is 12.3 Å². The number of furan rings is 1. The molecule has 0 bridgehead atoms. The van der Waals surface area contributed by atoms with E-state index in [1.54, 1.807) is 31.2 Å². The molecule has 26 heavy (non-hydrogen) atoms. The van der Waals surface area contributed by atoms with Gasteiger partial charge in [0.15, 0.2) is 6.61 Å². The molecule has 1 aromatic heterocycles. The molecule has 0 saturated carbocycles. The molecule has 1 heterocycles. The molecule has 3 rings (SSSR count). The molecule has 3 aromatic rings. The second-order valence-electron chi connectivity index (χ2n) is 5.45. The van der Waals surface area contributed by atoms with Gasteiger partial charge in [-0.15, -0.1) is 0 Å². The zero-order valence-electron chi connectivity index (χ0n) is 14.1. The summed E-state index contributed by atoms with van der Waals surface area (Å²) in [5.74, 6) is 0.792. The summed E-state index contributed by atoms with van der Waals surface area (Å²) in [6.07, 6.45) is 1.39. The number of amides is 1. The molecule has 0 fully saturated rings. The van der Waals surface area contributed by atoms with Crippen molar-refractivity contribution in [1.82, 2.24) is 0 Å². The Morgan fingerprint density at radius 3 is 2.31 bits per heavy atom. The van der Waals surface area contributed by atoms with Crippen LogP contribution in [0.25, 0.3) is 0 Å². The van der Waals surface area contributed by atoms with Crippen LogP contribution in [0.4, 0.5) is 5.69 Å². The number of benzene rings is 2. The molecule has 2 aromatic carbocycles. The van der Waals surface area contributed by atoms with Crippen molar-refractivity contribution in [1.29, 1.82) is 0 Å². The summed E-state index contributed by atoms with van der Waals surface area (Å²) in [6.45, 7) is 1.27. The van der Waals surface area contributed by atoms with Gasteiger partial charge < -0.3 is 19.2 Å². The quantitative estimate of drug-likeness (QED) is 0.674. The molecule has 1 N–H and O–H groups in total. The minimum atomic E-state index is -0.599. The number of esters is 1. The third kappa shape index (κ3) is 4.51. The normalized spacial score (nSPS) is 10.2. The Bertz CT molecular complexity index is 884. The maximum Gasteiger partial charge on any atom is 0.342 e. The van der Waals surface area contributed by atoms with E-state index < -0.39 is 11.9 Å². The van der Waals surface area contributed by atoms with Crippen molar-refractivity contribution in [3.8, 4) is 11.5 Å². The summed E-state index contributed by atoms with van der Waals surface area (Å²) < 4.78 is 15.7. The van der Waals surface area contributed by atoms with E-state index >= 15 is 0 Å². The van der Waals surface area contributed by atoms with Gasteiger partial charge in [-0.25, -0.2) is 4.79 Å². The second-order valence-corrected chi connectivity index (χ2v) is 5.45. The lowest BCUT2D eigenvalue weighted by molar-refractivity contribution is -0.119. The number of hydrogen-bond donors (Lipinski definition) is 1. The molecular weight excluding hydrogens is 334 g/mol. The molecule has 6 nitrogen and oxygen atoms in total. The third-order valence-electron chi connectivity index (χ3n) is 3.53.